The number of aromatic hydroxyl groups is 1. The molecule has 0 saturated heterocycles. The van der Waals surface area contributed by atoms with Crippen molar-refractivity contribution >= 4 is 34.8 Å². The number of hydrogen-bond acceptors (Lipinski definition) is 1. The van der Waals surface area contributed by atoms with Crippen LogP contribution >= 0.6 is 34.8 Å². The maximum absolute atomic E-state index is 8.92. The Labute approximate surface area is 86.9 Å². The maximum atomic E-state index is 8.92. The van der Waals surface area contributed by atoms with Crippen molar-refractivity contribution in [3.05, 3.63) is 29.8 Å². The van der Waals surface area contributed by atoms with E-state index in [2.05, 4.69) is 0 Å². The molecular formula is C8H9Cl3O. The van der Waals surface area contributed by atoms with E-state index in [0.717, 1.165) is 5.56 Å². The first-order chi connectivity index (χ1) is 5.54. The summed E-state index contributed by atoms with van der Waals surface area (Å²) in [5.74, 6) is 0.368. The summed E-state index contributed by atoms with van der Waals surface area (Å²) >= 11 is 14.4. The highest BCUT2D eigenvalue weighted by Gasteiger charge is 1.87. The van der Waals surface area contributed by atoms with Gasteiger partial charge in [0.1, 0.15) is 5.75 Å². The highest BCUT2D eigenvalue weighted by molar-refractivity contribution is 6.63. The van der Waals surface area contributed by atoms with Crippen molar-refractivity contribution in [1.29, 1.82) is 0 Å². The van der Waals surface area contributed by atoms with Crippen LogP contribution in [-0.2, 0) is 0 Å². The molecule has 0 amide bonds. The van der Waals surface area contributed by atoms with Gasteiger partial charge in [0.05, 0.1) is 0 Å². The Bertz CT molecular complexity index is 202. The van der Waals surface area contributed by atoms with Crippen LogP contribution in [0.1, 0.15) is 5.56 Å². The SMILES string of the molecule is Cc1ccccc1O.ClC(Cl)Cl. The van der Waals surface area contributed by atoms with Crippen LogP contribution in [0, 0.1) is 6.92 Å². The van der Waals surface area contributed by atoms with Gasteiger partial charge in [-0.15, -0.1) is 0 Å². The number of halogens is 3. The Morgan fingerprint density at radius 3 is 1.83 bits per heavy atom. The summed E-state index contributed by atoms with van der Waals surface area (Å²) < 4.78 is -0.750. The largest absolute Gasteiger partial charge is 0.508 e. The molecule has 0 heterocycles. The first kappa shape index (κ1) is 11.9. The first-order valence-corrected chi connectivity index (χ1v) is 4.51. The van der Waals surface area contributed by atoms with Crippen LogP contribution in [-0.4, -0.2) is 9.40 Å². The van der Waals surface area contributed by atoms with Gasteiger partial charge in [0.15, 0.2) is 4.30 Å². The highest BCUT2D eigenvalue weighted by Crippen LogP contribution is 2.12. The number of phenolic OH excluding ortho intramolecular Hbond substituents is 1. The molecule has 1 aromatic carbocycles. The van der Waals surface area contributed by atoms with Crippen LogP contribution in [0.5, 0.6) is 5.75 Å². The quantitative estimate of drug-likeness (QED) is 0.670. The minimum Gasteiger partial charge on any atom is -0.508 e. The lowest BCUT2D eigenvalue weighted by Gasteiger charge is -1.92. The van der Waals surface area contributed by atoms with Crippen molar-refractivity contribution < 1.29 is 5.11 Å². The molecule has 1 N–H and O–H groups in total. The second-order valence-electron chi connectivity index (χ2n) is 2.03. The molecule has 0 aliphatic heterocycles. The van der Waals surface area contributed by atoms with Gasteiger partial charge in [-0.3, -0.25) is 0 Å². The van der Waals surface area contributed by atoms with E-state index in [9.17, 15) is 0 Å². The Balaban J connectivity index is 0.000000261. The molecule has 0 saturated carbocycles. The molecule has 1 rings (SSSR count). The van der Waals surface area contributed by atoms with E-state index in [4.69, 9.17) is 39.9 Å². The summed E-state index contributed by atoms with van der Waals surface area (Å²) in [6.45, 7) is 1.87. The van der Waals surface area contributed by atoms with Crippen LogP contribution < -0.4 is 0 Å². The first-order valence-electron chi connectivity index (χ1n) is 3.21. The molecule has 68 valence electrons. The van der Waals surface area contributed by atoms with Crippen molar-refractivity contribution in [3.8, 4) is 5.75 Å². The Kier molecular flexibility index (Phi) is 6.35. The van der Waals surface area contributed by atoms with Gasteiger partial charge in [0.25, 0.3) is 0 Å². The standard InChI is InChI=1S/C7H8O.CHCl3/c1-6-4-2-3-5-7(6)8;2-1(3)4/h2-5,8H,1H3;1H. The second-order valence-corrected chi connectivity index (χ2v) is 4.01. The molecule has 0 bridgehead atoms. The molecular weight excluding hydrogens is 218 g/mol. The van der Waals surface area contributed by atoms with E-state index >= 15 is 0 Å². The number of alkyl halides is 3. The van der Waals surface area contributed by atoms with Crippen molar-refractivity contribution in [2.75, 3.05) is 0 Å². The van der Waals surface area contributed by atoms with E-state index in [1.807, 2.05) is 25.1 Å². The molecule has 0 aromatic heterocycles. The van der Waals surface area contributed by atoms with Crippen LogP contribution in [0.4, 0.5) is 0 Å². The maximum Gasteiger partial charge on any atom is 0.180 e. The van der Waals surface area contributed by atoms with E-state index in [0.29, 0.717) is 5.75 Å². The minimum atomic E-state index is -0.750. The number of para-hydroxylation sites is 1. The fraction of sp³-hybridized carbons (Fsp3) is 0.250. The zero-order valence-corrected chi connectivity index (χ0v) is 8.74. The van der Waals surface area contributed by atoms with Gasteiger partial charge in [-0.1, -0.05) is 53.0 Å². The minimum absolute atomic E-state index is 0.368. The van der Waals surface area contributed by atoms with Gasteiger partial charge < -0.3 is 5.11 Å². The average Bonchev–Trinajstić information content (AvgIpc) is 1.94. The summed E-state index contributed by atoms with van der Waals surface area (Å²) in [6, 6.07) is 7.25. The van der Waals surface area contributed by atoms with E-state index in [1.54, 1.807) is 6.07 Å². The Morgan fingerprint density at radius 1 is 1.17 bits per heavy atom. The summed E-state index contributed by atoms with van der Waals surface area (Å²) in [4.78, 5) is 0. The summed E-state index contributed by atoms with van der Waals surface area (Å²) in [5, 5.41) is 8.92. The van der Waals surface area contributed by atoms with E-state index in [-0.39, 0.29) is 0 Å². The molecule has 1 nitrogen and oxygen atoms in total. The van der Waals surface area contributed by atoms with E-state index in [1.165, 1.54) is 0 Å². The monoisotopic (exact) mass is 226 g/mol. The molecule has 0 atom stereocenters. The molecule has 0 fully saturated rings. The number of rotatable bonds is 0. The lowest BCUT2D eigenvalue weighted by molar-refractivity contribution is 0.471. The predicted octanol–water partition coefficient (Wildman–Crippen LogP) is 3.69. The molecule has 0 unspecified atom stereocenters. The van der Waals surface area contributed by atoms with Crippen molar-refractivity contribution in [1.82, 2.24) is 0 Å². The van der Waals surface area contributed by atoms with E-state index < -0.39 is 4.30 Å². The van der Waals surface area contributed by atoms with Gasteiger partial charge in [-0.25, -0.2) is 0 Å². The molecule has 0 radical (unpaired) electrons. The van der Waals surface area contributed by atoms with Crippen LogP contribution in [0.25, 0.3) is 0 Å². The summed E-state index contributed by atoms with van der Waals surface area (Å²) in [5.41, 5.74) is 0.924. The molecule has 12 heavy (non-hydrogen) atoms. The van der Waals surface area contributed by atoms with Crippen molar-refractivity contribution in [3.63, 3.8) is 0 Å². The molecule has 1 aromatic rings. The number of benzene rings is 1. The predicted molar refractivity (Wildman–Crippen MR) is 54.2 cm³/mol. The smallest absolute Gasteiger partial charge is 0.180 e. The van der Waals surface area contributed by atoms with Crippen LogP contribution in [0.3, 0.4) is 0 Å². The average molecular weight is 228 g/mol. The van der Waals surface area contributed by atoms with Gasteiger partial charge in [0.2, 0.25) is 0 Å². The normalized spacial score (nSPS) is 9.08. The lowest BCUT2D eigenvalue weighted by atomic mass is 10.2. The molecule has 0 spiro atoms. The third-order valence-electron chi connectivity index (χ3n) is 1.12. The fourth-order valence-corrected chi connectivity index (χ4v) is 0.563. The summed E-state index contributed by atoms with van der Waals surface area (Å²) in [7, 11) is 0. The molecule has 0 aliphatic carbocycles. The Morgan fingerprint density at radius 2 is 1.58 bits per heavy atom. The Hall–Kier alpha value is -0.110. The van der Waals surface area contributed by atoms with Gasteiger partial charge in [-0.05, 0) is 18.6 Å². The lowest BCUT2D eigenvalue weighted by Crippen LogP contribution is -1.68. The number of aryl methyl sites for hydroxylation is 1. The third kappa shape index (κ3) is 6.59. The number of hydrogen-bond donors (Lipinski definition) is 1. The zero-order valence-electron chi connectivity index (χ0n) is 6.47. The van der Waals surface area contributed by atoms with Crippen LogP contribution in [0.2, 0.25) is 0 Å². The van der Waals surface area contributed by atoms with Crippen molar-refractivity contribution in [2.45, 2.75) is 11.2 Å². The van der Waals surface area contributed by atoms with Crippen LogP contribution in [0.15, 0.2) is 24.3 Å². The summed E-state index contributed by atoms with van der Waals surface area (Å²) in [6.07, 6.45) is 0. The van der Waals surface area contributed by atoms with Gasteiger partial charge in [-0.2, -0.15) is 0 Å². The van der Waals surface area contributed by atoms with Crippen molar-refractivity contribution in [2.24, 2.45) is 0 Å². The molecule has 0 aliphatic rings. The van der Waals surface area contributed by atoms with Gasteiger partial charge in [0, 0.05) is 0 Å². The van der Waals surface area contributed by atoms with Gasteiger partial charge >= 0.3 is 0 Å². The second kappa shape index (κ2) is 6.41. The fourth-order valence-electron chi connectivity index (χ4n) is 0.563. The third-order valence-corrected chi connectivity index (χ3v) is 1.12. The highest BCUT2D eigenvalue weighted by atomic mass is 35.6. The molecule has 4 heteroatoms. The number of phenols is 1. The zero-order chi connectivity index (χ0) is 9.56. The topological polar surface area (TPSA) is 20.2 Å².